The minimum atomic E-state index is -0.483. The molecule has 1 heterocycles. The second kappa shape index (κ2) is 7.14. The van der Waals surface area contributed by atoms with E-state index in [2.05, 4.69) is 18.0 Å². The molecule has 0 bridgehead atoms. The number of carbonyl (C=O) groups excluding carboxylic acids is 2. The highest BCUT2D eigenvalue weighted by atomic mass is 16.2. The number of urea groups is 1. The van der Waals surface area contributed by atoms with E-state index in [0.717, 1.165) is 29.5 Å². The molecule has 0 spiro atoms. The highest BCUT2D eigenvalue weighted by molar-refractivity contribution is 5.81. The Morgan fingerprint density at radius 3 is 2.31 bits per heavy atom. The fourth-order valence-electron chi connectivity index (χ4n) is 3.31. The third kappa shape index (κ3) is 4.09. The molecule has 1 aromatic carbocycles. The third-order valence-electron chi connectivity index (χ3n) is 5.30. The molecule has 2 aliphatic rings. The molecule has 5 nitrogen and oxygen atoms in total. The largest absolute Gasteiger partial charge is 0.339 e. The Labute approximate surface area is 156 Å². The van der Waals surface area contributed by atoms with Crippen LogP contribution < -0.4 is 5.32 Å². The predicted molar refractivity (Wildman–Crippen MR) is 104 cm³/mol. The number of hydrogen-bond acceptors (Lipinski definition) is 2. The van der Waals surface area contributed by atoms with Gasteiger partial charge in [-0.3, -0.25) is 4.79 Å². The minimum absolute atomic E-state index is 0.0748. The lowest BCUT2D eigenvalue weighted by molar-refractivity contribution is -0.133. The van der Waals surface area contributed by atoms with E-state index < -0.39 is 5.54 Å². The molecule has 1 aromatic rings. The first-order valence-electron chi connectivity index (χ1n) is 9.40. The predicted octanol–water partition coefficient (Wildman–Crippen LogP) is 3.22. The van der Waals surface area contributed by atoms with E-state index in [-0.39, 0.29) is 17.9 Å². The van der Waals surface area contributed by atoms with Crippen LogP contribution in [-0.2, 0) is 10.3 Å². The lowest BCUT2D eigenvalue weighted by Crippen LogP contribution is -2.56. The van der Waals surface area contributed by atoms with Gasteiger partial charge in [-0.1, -0.05) is 30.4 Å². The highest BCUT2D eigenvalue weighted by Crippen LogP contribution is 2.31. The van der Waals surface area contributed by atoms with E-state index in [1.165, 1.54) is 0 Å². The third-order valence-corrected chi connectivity index (χ3v) is 5.30. The first kappa shape index (κ1) is 18.5. The zero-order valence-corrected chi connectivity index (χ0v) is 16.0. The van der Waals surface area contributed by atoms with Crippen LogP contribution >= 0.6 is 0 Å². The van der Waals surface area contributed by atoms with Crippen molar-refractivity contribution in [2.45, 2.75) is 39.2 Å². The summed E-state index contributed by atoms with van der Waals surface area (Å²) in [6.45, 7) is 12.4. The molecule has 26 heavy (non-hydrogen) atoms. The quantitative estimate of drug-likeness (QED) is 0.902. The Kier molecular flexibility index (Phi) is 5.08. The summed E-state index contributed by atoms with van der Waals surface area (Å²) in [6.07, 6.45) is 2.05. The number of hydrogen-bond donors (Lipinski definition) is 1. The summed E-state index contributed by atoms with van der Waals surface area (Å²) >= 11 is 0. The van der Waals surface area contributed by atoms with Crippen molar-refractivity contribution >= 4 is 17.5 Å². The van der Waals surface area contributed by atoms with Crippen molar-refractivity contribution in [2.75, 3.05) is 26.2 Å². The highest BCUT2D eigenvalue weighted by Gasteiger charge is 2.35. The Bertz CT molecular complexity index is 714. The zero-order chi connectivity index (χ0) is 18.9. The van der Waals surface area contributed by atoms with Crippen LogP contribution in [0.2, 0.25) is 0 Å². The summed E-state index contributed by atoms with van der Waals surface area (Å²) in [5.74, 6) is 0.511. The zero-order valence-electron chi connectivity index (χ0n) is 16.0. The van der Waals surface area contributed by atoms with Gasteiger partial charge < -0.3 is 15.1 Å². The van der Waals surface area contributed by atoms with Gasteiger partial charge in [0.2, 0.25) is 5.91 Å². The lowest BCUT2D eigenvalue weighted by atomic mass is 9.92. The van der Waals surface area contributed by atoms with Crippen LogP contribution in [0.5, 0.6) is 0 Å². The Morgan fingerprint density at radius 2 is 1.73 bits per heavy atom. The summed E-state index contributed by atoms with van der Waals surface area (Å²) in [5, 5.41) is 3.14. The average Bonchev–Trinajstić information content (AvgIpc) is 3.46. The van der Waals surface area contributed by atoms with Crippen LogP contribution in [0.4, 0.5) is 4.79 Å². The van der Waals surface area contributed by atoms with Crippen LogP contribution in [0.25, 0.3) is 5.57 Å². The number of carbonyl (C=O) groups is 2. The standard InChI is InChI=1S/C21H29N3O2/c1-15(2)17-6-5-7-18(14-17)21(3,4)22-20(26)24-12-10-23(11-13-24)19(25)16-8-9-16/h5-7,14,16H,1,8-13H2,2-4H3,(H,22,26). The second-order valence-corrected chi connectivity index (χ2v) is 8.00. The summed E-state index contributed by atoms with van der Waals surface area (Å²) in [4.78, 5) is 28.6. The molecule has 0 atom stereocenters. The Morgan fingerprint density at radius 1 is 1.12 bits per heavy atom. The summed E-state index contributed by atoms with van der Waals surface area (Å²) < 4.78 is 0. The van der Waals surface area contributed by atoms with E-state index in [4.69, 9.17) is 0 Å². The van der Waals surface area contributed by atoms with Crippen LogP contribution in [0.3, 0.4) is 0 Å². The maximum absolute atomic E-state index is 12.7. The van der Waals surface area contributed by atoms with E-state index >= 15 is 0 Å². The van der Waals surface area contributed by atoms with Crippen molar-refractivity contribution in [1.82, 2.24) is 15.1 Å². The second-order valence-electron chi connectivity index (χ2n) is 8.00. The van der Waals surface area contributed by atoms with Crippen LogP contribution in [0.1, 0.15) is 44.7 Å². The molecule has 1 aliphatic heterocycles. The van der Waals surface area contributed by atoms with Crippen LogP contribution in [0, 0.1) is 5.92 Å². The van der Waals surface area contributed by atoms with Crippen LogP contribution in [-0.4, -0.2) is 47.9 Å². The van der Waals surface area contributed by atoms with Crippen molar-refractivity contribution in [2.24, 2.45) is 5.92 Å². The molecule has 1 N–H and O–H groups in total. The average molecular weight is 355 g/mol. The molecule has 1 saturated heterocycles. The smallest absolute Gasteiger partial charge is 0.318 e. The van der Waals surface area contributed by atoms with Gasteiger partial charge in [0, 0.05) is 32.1 Å². The summed E-state index contributed by atoms with van der Waals surface area (Å²) in [5.41, 5.74) is 2.65. The Hall–Kier alpha value is -2.30. The molecule has 5 heteroatoms. The van der Waals surface area contributed by atoms with Crippen molar-refractivity contribution < 1.29 is 9.59 Å². The van der Waals surface area contributed by atoms with Gasteiger partial charge in [0.05, 0.1) is 5.54 Å². The first-order valence-corrected chi connectivity index (χ1v) is 9.40. The topological polar surface area (TPSA) is 52.7 Å². The fraction of sp³-hybridized carbons (Fsp3) is 0.524. The molecular weight excluding hydrogens is 326 g/mol. The van der Waals surface area contributed by atoms with Gasteiger partial charge in [0.1, 0.15) is 0 Å². The van der Waals surface area contributed by atoms with E-state index in [9.17, 15) is 9.59 Å². The first-order chi connectivity index (χ1) is 12.3. The molecule has 0 aromatic heterocycles. The summed E-state index contributed by atoms with van der Waals surface area (Å²) in [7, 11) is 0. The number of nitrogens with one attached hydrogen (secondary N) is 1. The van der Waals surface area contributed by atoms with Gasteiger partial charge in [0.25, 0.3) is 0 Å². The van der Waals surface area contributed by atoms with E-state index in [1.807, 2.05) is 43.9 Å². The monoisotopic (exact) mass is 355 g/mol. The lowest BCUT2D eigenvalue weighted by Gasteiger charge is -2.37. The number of piperazine rings is 1. The fourth-order valence-corrected chi connectivity index (χ4v) is 3.31. The van der Waals surface area contributed by atoms with Gasteiger partial charge in [-0.15, -0.1) is 0 Å². The van der Waals surface area contributed by atoms with Gasteiger partial charge >= 0.3 is 6.03 Å². The number of rotatable bonds is 4. The van der Waals surface area contributed by atoms with E-state index in [0.29, 0.717) is 26.2 Å². The summed E-state index contributed by atoms with van der Waals surface area (Å²) in [6, 6.07) is 8.05. The molecule has 2 fully saturated rings. The van der Waals surface area contributed by atoms with Gasteiger partial charge in [-0.05, 0) is 50.8 Å². The molecule has 140 valence electrons. The van der Waals surface area contributed by atoms with Gasteiger partial charge in [-0.2, -0.15) is 0 Å². The van der Waals surface area contributed by atoms with E-state index in [1.54, 1.807) is 4.90 Å². The number of amides is 3. The molecule has 0 unspecified atom stereocenters. The molecule has 1 aliphatic carbocycles. The number of benzene rings is 1. The number of nitrogens with zero attached hydrogens (tertiary/aromatic N) is 2. The molecule has 3 rings (SSSR count). The maximum atomic E-state index is 12.7. The minimum Gasteiger partial charge on any atom is -0.339 e. The van der Waals surface area contributed by atoms with Crippen molar-refractivity contribution in [3.8, 4) is 0 Å². The van der Waals surface area contributed by atoms with Gasteiger partial charge in [0.15, 0.2) is 0 Å². The SMILES string of the molecule is C=C(C)c1cccc(C(C)(C)NC(=O)N2CCN(C(=O)C3CC3)CC2)c1. The Balaban J connectivity index is 1.59. The maximum Gasteiger partial charge on any atom is 0.318 e. The van der Waals surface area contributed by atoms with Crippen molar-refractivity contribution in [3.63, 3.8) is 0 Å². The molecule has 3 amide bonds. The molecule has 0 radical (unpaired) electrons. The normalized spacial score (nSPS) is 17.8. The molecular formula is C21H29N3O2. The van der Waals surface area contributed by atoms with Crippen LogP contribution in [0.15, 0.2) is 30.8 Å². The van der Waals surface area contributed by atoms with Gasteiger partial charge in [-0.25, -0.2) is 4.79 Å². The number of allylic oxidation sites excluding steroid dienone is 1. The molecule has 1 saturated carbocycles. The van der Waals surface area contributed by atoms with Crippen molar-refractivity contribution in [3.05, 3.63) is 42.0 Å². The van der Waals surface area contributed by atoms with Crippen molar-refractivity contribution in [1.29, 1.82) is 0 Å².